The fraction of sp³-hybridized carbons (Fsp3) is 0.308. The third kappa shape index (κ3) is 5.56. The maximum atomic E-state index is 10.6. The number of allylic oxidation sites excluding steroid dienone is 1. The average molecular weight is 253 g/mol. The minimum atomic E-state index is -0.962. The summed E-state index contributed by atoms with van der Waals surface area (Å²) in [7, 11) is 0. The minimum Gasteiger partial charge on any atom is -0.480 e. The Hall–Kier alpha value is -1.26. The van der Waals surface area contributed by atoms with Crippen LogP contribution in [0.1, 0.15) is 17.5 Å². The minimum absolute atomic E-state index is 0. The van der Waals surface area contributed by atoms with Crippen molar-refractivity contribution in [3.8, 4) is 0 Å². The molecule has 1 rings (SSSR count). The summed E-state index contributed by atoms with van der Waals surface area (Å²) in [5, 5.41) is 8.68. The van der Waals surface area contributed by atoms with Gasteiger partial charge in [0.1, 0.15) is 6.04 Å². The van der Waals surface area contributed by atoms with E-state index in [1.54, 1.807) is 0 Å². The summed E-state index contributed by atoms with van der Waals surface area (Å²) < 4.78 is 0. The molecule has 0 aliphatic rings. The first-order chi connectivity index (χ1) is 7.63. The quantitative estimate of drug-likeness (QED) is 0.761. The monoisotopic (exact) mass is 253 g/mol. The van der Waals surface area contributed by atoms with Gasteiger partial charge in [-0.1, -0.05) is 30.3 Å². The molecule has 0 aliphatic carbocycles. The predicted molar refractivity (Wildman–Crippen MR) is 74.7 cm³/mol. The summed E-state index contributed by atoms with van der Waals surface area (Å²) in [5.74, 6) is -0.962. The van der Waals surface area contributed by atoms with Gasteiger partial charge in [0.25, 0.3) is 0 Å². The van der Waals surface area contributed by atoms with E-state index in [0.717, 1.165) is 18.4 Å². The van der Waals surface area contributed by atoms with Crippen molar-refractivity contribution in [2.45, 2.75) is 25.3 Å². The van der Waals surface area contributed by atoms with Crippen LogP contribution in [0, 0.1) is 0 Å². The van der Waals surface area contributed by atoms with Gasteiger partial charge in [0, 0.05) is 0 Å². The van der Waals surface area contributed by atoms with E-state index < -0.39 is 12.0 Å². The molecule has 1 atom stereocenters. The van der Waals surface area contributed by atoms with Crippen LogP contribution in [0.5, 0.6) is 0 Å². The molecule has 0 fully saturated rings. The smallest absolute Gasteiger partial charge is 0.320 e. The van der Waals surface area contributed by atoms with Gasteiger partial charge in [0.15, 0.2) is 0 Å². The van der Waals surface area contributed by atoms with Crippen LogP contribution in [0.25, 0.3) is 0 Å². The Kier molecular flexibility index (Phi) is 7.34. The van der Waals surface area contributed by atoms with Gasteiger partial charge in [-0.2, -0.15) is 13.5 Å². The number of nitrogens with two attached hydrogens (primary N) is 1. The normalized spacial score (nSPS) is 11.4. The average Bonchev–Trinajstić information content (AvgIpc) is 2.28. The van der Waals surface area contributed by atoms with Crippen LogP contribution in [0.2, 0.25) is 0 Å². The third-order valence-corrected chi connectivity index (χ3v) is 2.43. The molecule has 0 saturated heterocycles. The fourth-order valence-corrected chi connectivity index (χ4v) is 1.45. The molecule has 0 radical (unpaired) electrons. The van der Waals surface area contributed by atoms with Crippen LogP contribution in [0.15, 0.2) is 36.9 Å². The molecule has 94 valence electrons. The van der Waals surface area contributed by atoms with Gasteiger partial charge in [-0.25, -0.2) is 0 Å². The Labute approximate surface area is 109 Å². The molecule has 0 heterocycles. The Morgan fingerprint density at radius 1 is 1.35 bits per heavy atom. The maximum absolute atomic E-state index is 10.6. The molecule has 0 spiro atoms. The predicted octanol–water partition coefficient (Wildman–Crippen LogP) is 1.87. The van der Waals surface area contributed by atoms with E-state index in [2.05, 4.69) is 6.58 Å². The Morgan fingerprint density at radius 3 is 2.35 bits per heavy atom. The van der Waals surface area contributed by atoms with Crippen molar-refractivity contribution >= 4 is 19.5 Å². The van der Waals surface area contributed by atoms with Crippen LogP contribution in [-0.2, 0) is 17.6 Å². The number of carboxylic acid groups (broad SMARTS) is 1. The lowest BCUT2D eigenvalue weighted by atomic mass is 10.0. The van der Waals surface area contributed by atoms with Crippen molar-refractivity contribution in [3.05, 3.63) is 48.0 Å². The number of aryl methyl sites for hydroxylation is 1. The molecule has 1 aromatic rings. The molecule has 4 heteroatoms. The molecule has 0 bridgehead atoms. The molecule has 3 N–H and O–H groups in total. The van der Waals surface area contributed by atoms with E-state index in [-0.39, 0.29) is 13.5 Å². The summed E-state index contributed by atoms with van der Waals surface area (Å²) in [6.45, 7) is 3.67. The lowest BCUT2D eigenvalue weighted by Crippen LogP contribution is -2.32. The van der Waals surface area contributed by atoms with Crippen LogP contribution < -0.4 is 5.73 Å². The van der Waals surface area contributed by atoms with E-state index in [1.165, 1.54) is 5.56 Å². The van der Waals surface area contributed by atoms with Gasteiger partial charge >= 0.3 is 5.97 Å². The highest BCUT2D eigenvalue weighted by atomic mass is 32.1. The zero-order chi connectivity index (χ0) is 12.0. The molecular weight excluding hydrogens is 234 g/mol. The van der Waals surface area contributed by atoms with Gasteiger partial charge in [-0.15, -0.1) is 6.58 Å². The molecule has 0 aliphatic heterocycles. The van der Waals surface area contributed by atoms with Crippen LogP contribution in [-0.4, -0.2) is 17.1 Å². The molecule has 0 amide bonds. The van der Waals surface area contributed by atoms with Gasteiger partial charge in [-0.05, 0) is 30.4 Å². The lowest BCUT2D eigenvalue weighted by Gasteiger charge is -2.07. The maximum Gasteiger partial charge on any atom is 0.320 e. The van der Waals surface area contributed by atoms with Crippen molar-refractivity contribution < 1.29 is 9.90 Å². The van der Waals surface area contributed by atoms with E-state index >= 15 is 0 Å². The second kappa shape index (κ2) is 7.92. The fourth-order valence-electron chi connectivity index (χ4n) is 1.45. The molecule has 0 saturated carbocycles. The van der Waals surface area contributed by atoms with Crippen LogP contribution in [0.3, 0.4) is 0 Å². The topological polar surface area (TPSA) is 63.3 Å². The summed E-state index contributed by atoms with van der Waals surface area (Å²) in [6.07, 6.45) is 4.17. The number of hydrogen-bond donors (Lipinski definition) is 2. The summed E-state index contributed by atoms with van der Waals surface area (Å²) in [5.41, 5.74) is 7.64. The standard InChI is InChI=1S/C13H17NO2.H2S/c1-2-3-4-10-5-7-11(8-6-10)9-12(14)13(15)16;/h2,5-8,12H,1,3-4,9,14H2,(H,15,16);1H2. The Bertz CT molecular complexity index is 362. The molecule has 1 aromatic carbocycles. The van der Waals surface area contributed by atoms with Crippen molar-refractivity contribution in [3.63, 3.8) is 0 Å². The zero-order valence-electron chi connectivity index (χ0n) is 9.73. The molecule has 0 aromatic heterocycles. The number of aliphatic carboxylic acids is 1. The van der Waals surface area contributed by atoms with Gasteiger partial charge < -0.3 is 10.8 Å². The number of hydrogen-bond acceptors (Lipinski definition) is 2. The molecule has 1 unspecified atom stereocenters. The Balaban J connectivity index is 0.00000256. The highest BCUT2D eigenvalue weighted by Crippen LogP contribution is 2.08. The Morgan fingerprint density at radius 2 is 1.88 bits per heavy atom. The second-order valence-electron chi connectivity index (χ2n) is 3.79. The highest BCUT2D eigenvalue weighted by Gasteiger charge is 2.11. The number of benzene rings is 1. The first-order valence-electron chi connectivity index (χ1n) is 5.30. The first kappa shape index (κ1) is 15.7. The summed E-state index contributed by atoms with van der Waals surface area (Å²) in [6, 6.07) is 7.06. The zero-order valence-corrected chi connectivity index (χ0v) is 10.7. The van der Waals surface area contributed by atoms with Gasteiger partial charge in [0.2, 0.25) is 0 Å². The largest absolute Gasteiger partial charge is 0.480 e. The second-order valence-corrected chi connectivity index (χ2v) is 3.79. The van der Waals surface area contributed by atoms with E-state index in [1.807, 2.05) is 30.3 Å². The third-order valence-electron chi connectivity index (χ3n) is 2.43. The number of carboxylic acids is 1. The summed E-state index contributed by atoms with van der Waals surface area (Å²) in [4.78, 5) is 10.6. The van der Waals surface area contributed by atoms with Gasteiger partial charge in [-0.3, -0.25) is 4.79 Å². The van der Waals surface area contributed by atoms with Crippen molar-refractivity contribution in [2.24, 2.45) is 5.73 Å². The van der Waals surface area contributed by atoms with Gasteiger partial charge in [0.05, 0.1) is 0 Å². The number of carbonyl (C=O) groups is 1. The lowest BCUT2D eigenvalue weighted by molar-refractivity contribution is -0.138. The molecule has 17 heavy (non-hydrogen) atoms. The van der Waals surface area contributed by atoms with Crippen LogP contribution in [0.4, 0.5) is 0 Å². The van der Waals surface area contributed by atoms with Crippen LogP contribution >= 0.6 is 13.5 Å². The van der Waals surface area contributed by atoms with E-state index in [9.17, 15) is 4.79 Å². The van der Waals surface area contributed by atoms with Crippen molar-refractivity contribution in [2.75, 3.05) is 0 Å². The van der Waals surface area contributed by atoms with E-state index in [4.69, 9.17) is 10.8 Å². The summed E-state index contributed by atoms with van der Waals surface area (Å²) >= 11 is 0. The van der Waals surface area contributed by atoms with Crippen molar-refractivity contribution in [1.29, 1.82) is 0 Å². The highest BCUT2D eigenvalue weighted by molar-refractivity contribution is 7.59. The number of rotatable bonds is 6. The first-order valence-corrected chi connectivity index (χ1v) is 5.30. The van der Waals surface area contributed by atoms with Crippen molar-refractivity contribution in [1.82, 2.24) is 0 Å². The molecule has 3 nitrogen and oxygen atoms in total. The van der Waals surface area contributed by atoms with E-state index in [0.29, 0.717) is 6.42 Å². The molecular formula is C13H19NO2S. The SMILES string of the molecule is C=CCCc1ccc(CC(N)C(=O)O)cc1.S.